The zero-order chi connectivity index (χ0) is 23.9. The highest BCUT2D eigenvalue weighted by molar-refractivity contribution is 5.99. The third-order valence-corrected chi connectivity index (χ3v) is 6.38. The largest absolute Gasteiger partial charge is 0.350 e. The lowest BCUT2D eigenvalue weighted by Crippen LogP contribution is -2.23. The molecular formula is C27H22F2N6. The number of aryl methyl sites for hydroxylation is 1. The minimum absolute atomic E-state index is 0.305. The lowest BCUT2D eigenvalue weighted by Gasteiger charge is -2.18. The van der Waals surface area contributed by atoms with Crippen LogP contribution in [-0.2, 0) is 20.0 Å². The van der Waals surface area contributed by atoms with E-state index in [2.05, 4.69) is 32.7 Å². The first-order valence-corrected chi connectivity index (χ1v) is 11.4. The number of nitrogens with one attached hydrogen (secondary N) is 2. The fourth-order valence-corrected chi connectivity index (χ4v) is 4.62. The van der Waals surface area contributed by atoms with Crippen LogP contribution in [0.5, 0.6) is 0 Å². The predicted molar refractivity (Wildman–Crippen MR) is 132 cm³/mol. The number of hydrogen-bond donors (Lipinski definition) is 2. The zero-order valence-corrected chi connectivity index (χ0v) is 19.0. The van der Waals surface area contributed by atoms with Crippen molar-refractivity contribution in [1.29, 1.82) is 0 Å². The van der Waals surface area contributed by atoms with Crippen molar-refractivity contribution < 1.29 is 8.78 Å². The van der Waals surface area contributed by atoms with Crippen LogP contribution in [0.25, 0.3) is 33.3 Å². The molecule has 2 N–H and O–H groups in total. The molecule has 0 saturated heterocycles. The number of halogens is 2. The van der Waals surface area contributed by atoms with E-state index in [-0.39, 0.29) is 5.82 Å². The highest BCUT2D eigenvalue weighted by atomic mass is 19.1. The molecular weight excluding hydrogens is 446 g/mol. The Hall–Kier alpha value is -4.17. The number of aromatic nitrogens is 4. The molecule has 0 spiro atoms. The predicted octanol–water partition coefficient (Wildman–Crippen LogP) is 5.36. The van der Waals surface area contributed by atoms with Gasteiger partial charge in [0.2, 0.25) is 11.9 Å². The van der Waals surface area contributed by atoms with Gasteiger partial charge in [-0.3, -0.25) is 0 Å². The quantitative estimate of drug-likeness (QED) is 0.348. The number of rotatable bonds is 4. The molecule has 1 aliphatic heterocycles. The van der Waals surface area contributed by atoms with Crippen LogP contribution in [0, 0.1) is 11.8 Å². The Morgan fingerprint density at radius 1 is 0.943 bits per heavy atom. The van der Waals surface area contributed by atoms with Crippen LogP contribution in [0.2, 0.25) is 0 Å². The number of fused-ring (bicyclic) bond motifs is 2. The van der Waals surface area contributed by atoms with E-state index in [1.165, 1.54) is 35.5 Å². The van der Waals surface area contributed by atoms with Crippen molar-refractivity contribution in [1.82, 2.24) is 24.8 Å². The Labute approximate surface area is 200 Å². The van der Waals surface area contributed by atoms with Crippen LogP contribution in [-0.4, -0.2) is 26.1 Å². The van der Waals surface area contributed by atoms with E-state index in [1.54, 1.807) is 18.3 Å². The summed E-state index contributed by atoms with van der Waals surface area (Å²) < 4.78 is 29.3. The summed E-state index contributed by atoms with van der Waals surface area (Å²) in [4.78, 5) is 13.2. The summed E-state index contributed by atoms with van der Waals surface area (Å²) in [6.07, 6.45) is 6.07. The van der Waals surface area contributed by atoms with E-state index in [1.807, 2.05) is 23.9 Å². The molecule has 0 atom stereocenters. The molecule has 6 rings (SSSR count). The molecule has 0 fully saturated rings. The minimum Gasteiger partial charge on any atom is -0.350 e. The lowest BCUT2D eigenvalue weighted by atomic mass is 10.0. The first-order chi connectivity index (χ1) is 17.0. The van der Waals surface area contributed by atoms with Crippen molar-refractivity contribution in [2.45, 2.75) is 13.0 Å². The SMILES string of the molecule is Cn1cc(-c2nc(Nc3ccc4c(c3)CCNC4)ncc2-c2ccc(F)nc2)c2ccc(F)cc21. The fraction of sp³-hybridized carbons (Fsp3) is 0.148. The molecule has 6 nitrogen and oxygen atoms in total. The molecule has 1 aliphatic rings. The van der Waals surface area contributed by atoms with E-state index in [9.17, 15) is 8.78 Å². The van der Waals surface area contributed by atoms with E-state index in [0.29, 0.717) is 22.8 Å². The molecule has 8 heteroatoms. The van der Waals surface area contributed by atoms with Gasteiger partial charge in [0.15, 0.2) is 0 Å². The van der Waals surface area contributed by atoms with Crippen LogP contribution < -0.4 is 10.6 Å². The summed E-state index contributed by atoms with van der Waals surface area (Å²) in [5.41, 5.74) is 7.13. The monoisotopic (exact) mass is 468 g/mol. The third kappa shape index (κ3) is 4.02. The molecule has 2 aromatic carbocycles. The van der Waals surface area contributed by atoms with Crippen LogP contribution in [0.3, 0.4) is 0 Å². The van der Waals surface area contributed by atoms with Gasteiger partial charge >= 0.3 is 0 Å². The molecule has 0 saturated carbocycles. The maximum absolute atomic E-state index is 13.9. The third-order valence-electron chi connectivity index (χ3n) is 6.38. The van der Waals surface area contributed by atoms with Gasteiger partial charge in [0.05, 0.1) is 11.2 Å². The van der Waals surface area contributed by atoms with Crippen molar-refractivity contribution in [2.24, 2.45) is 7.05 Å². The fourth-order valence-electron chi connectivity index (χ4n) is 4.62. The summed E-state index contributed by atoms with van der Waals surface area (Å²) in [7, 11) is 1.87. The topological polar surface area (TPSA) is 67.7 Å². The van der Waals surface area contributed by atoms with Crippen LogP contribution in [0.15, 0.2) is 67.1 Å². The molecule has 35 heavy (non-hydrogen) atoms. The summed E-state index contributed by atoms with van der Waals surface area (Å²) in [6.45, 7) is 1.83. The number of nitrogens with zero attached hydrogens (tertiary/aromatic N) is 4. The molecule has 5 aromatic rings. The second kappa shape index (κ2) is 8.56. The van der Waals surface area contributed by atoms with Gasteiger partial charge in [0.25, 0.3) is 0 Å². The molecule has 4 heterocycles. The van der Waals surface area contributed by atoms with Crippen molar-refractivity contribution in [3.05, 3.63) is 90.0 Å². The van der Waals surface area contributed by atoms with Crippen molar-refractivity contribution in [3.63, 3.8) is 0 Å². The number of hydrogen-bond acceptors (Lipinski definition) is 5. The van der Waals surface area contributed by atoms with Crippen LogP contribution >= 0.6 is 0 Å². The van der Waals surface area contributed by atoms with E-state index < -0.39 is 5.95 Å². The lowest BCUT2D eigenvalue weighted by molar-refractivity contribution is 0.584. The van der Waals surface area contributed by atoms with Gasteiger partial charge in [-0.1, -0.05) is 6.07 Å². The van der Waals surface area contributed by atoms with Crippen molar-refractivity contribution >= 4 is 22.5 Å². The number of benzene rings is 2. The smallest absolute Gasteiger partial charge is 0.227 e. The maximum atomic E-state index is 13.9. The summed E-state index contributed by atoms with van der Waals surface area (Å²) in [6, 6.07) is 13.9. The second-order valence-electron chi connectivity index (χ2n) is 8.68. The Balaban J connectivity index is 1.48. The average molecular weight is 469 g/mol. The van der Waals surface area contributed by atoms with Crippen molar-refractivity contribution in [2.75, 3.05) is 11.9 Å². The van der Waals surface area contributed by atoms with E-state index >= 15 is 0 Å². The van der Waals surface area contributed by atoms with Gasteiger partial charge in [-0.05, 0) is 66.6 Å². The molecule has 0 amide bonds. The Morgan fingerprint density at radius 2 is 1.86 bits per heavy atom. The summed E-state index contributed by atoms with van der Waals surface area (Å²) in [5.74, 6) is -0.426. The van der Waals surface area contributed by atoms with Gasteiger partial charge in [-0.2, -0.15) is 4.39 Å². The van der Waals surface area contributed by atoms with E-state index in [0.717, 1.165) is 41.7 Å². The molecule has 0 aliphatic carbocycles. The standard InChI is InChI=1S/C27H22F2N6/c1-35-15-23(21-6-4-19(28)11-24(21)35)26-22(18-3-7-25(29)31-13-18)14-32-27(34-26)33-20-5-2-17-12-30-9-8-16(17)10-20/h2-7,10-11,13-15,30H,8-9,12H2,1H3,(H,32,33,34). The molecule has 0 unspecified atom stereocenters. The first-order valence-electron chi connectivity index (χ1n) is 11.4. The van der Waals surface area contributed by atoms with Crippen molar-refractivity contribution in [3.8, 4) is 22.4 Å². The Kier molecular flexibility index (Phi) is 5.22. The maximum Gasteiger partial charge on any atom is 0.227 e. The Morgan fingerprint density at radius 3 is 2.71 bits per heavy atom. The minimum atomic E-state index is -0.558. The molecule has 0 bridgehead atoms. The summed E-state index contributed by atoms with van der Waals surface area (Å²) in [5, 5.41) is 7.57. The Bertz CT molecular complexity index is 1560. The molecule has 3 aromatic heterocycles. The van der Waals surface area contributed by atoms with Gasteiger partial charge in [-0.25, -0.2) is 19.3 Å². The number of pyridine rings is 1. The zero-order valence-electron chi connectivity index (χ0n) is 19.0. The van der Waals surface area contributed by atoms with Crippen LogP contribution in [0.4, 0.5) is 20.4 Å². The first kappa shape index (κ1) is 21.4. The van der Waals surface area contributed by atoms with Gasteiger partial charge in [-0.15, -0.1) is 0 Å². The number of anilines is 2. The van der Waals surface area contributed by atoms with Gasteiger partial charge in [0.1, 0.15) is 5.82 Å². The van der Waals surface area contributed by atoms with Gasteiger partial charge < -0.3 is 15.2 Å². The second-order valence-corrected chi connectivity index (χ2v) is 8.68. The van der Waals surface area contributed by atoms with Crippen LogP contribution in [0.1, 0.15) is 11.1 Å². The summed E-state index contributed by atoms with van der Waals surface area (Å²) >= 11 is 0. The van der Waals surface area contributed by atoms with E-state index in [4.69, 9.17) is 4.98 Å². The normalized spacial score (nSPS) is 13.1. The van der Waals surface area contributed by atoms with Gasteiger partial charge in [0, 0.05) is 59.9 Å². The average Bonchev–Trinajstić information content (AvgIpc) is 3.20. The highest BCUT2D eigenvalue weighted by Gasteiger charge is 2.18. The molecule has 174 valence electrons. The molecule has 0 radical (unpaired) electrons. The highest BCUT2D eigenvalue weighted by Crippen LogP contribution is 2.36.